The highest BCUT2D eigenvalue weighted by molar-refractivity contribution is 7.10. The zero-order valence-corrected chi connectivity index (χ0v) is 13.9. The monoisotopic (exact) mass is 331 g/mol. The molecule has 0 aliphatic rings. The second kappa shape index (κ2) is 8.09. The Balaban J connectivity index is 1.84. The quantitative estimate of drug-likeness (QED) is 0.606. The molecule has 1 heterocycles. The third-order valence-corrected chi connectivity index (χ3v) is 4.22. The first-order valence-corrected chi connectivity index (χ1v) is 8.54. The lowest BCUT2D eigenvalue weighted by molar-refractivity contribution is -0.110. The van der Waals surface area contributed by atoms with Crippen molar-refractivity contribution in [3.63, 3.8) is 0 Å². The Kier molecular flexibility index (Phi) is 5.38. The molecule has 0 atom stereocenters. The molecule has 3 aromatic rings. The van der Waals surface area contributed by atoms with Gasteiger partial charge in [0.2, 0.25) is 0 Å². The number of carbonyl (C=O) groups is 1. The second-order valence-corrected chi connectivity index (χ2v) is 6.15. The summed E-state index contributed by atoms with van der Waals surface area (Å²) < 4.78 is 0. The van der Waals surface area contributed by atoms with E-state index in [0.717, 1.165) is 21.8 Å². The molecule has 1 aromatic heterocycles. The first kappa shape index (κ1) is 16.0. The number of nitrogens with one attached hydrogen (secondary N) is 1. The molecule has 0 bridgehead atoms. The zero-order chi connectivity index (χ0) is 16.6. The summed E-state index contributed by atoms with van der Waals surface area (Å²) in [5.74, 6) is -0.0503. The summed E-state index contributed by atoms with van der Waals surface area (Å²) in [5.41, 5.74) is 2.70. The van der Waals surface area contributed by atoms with E-state index >= 15 is 0 Å². The summed E-state index contributed by atoms with van der Waals surface area (Å²) >= 11 is 1.61. The molecule has 0 unspecified atom stereocenters. The number of rotatable bonds is 6. The molecule has 2 nitrogen and oxygen atoms in total. The third kappa shape index (κ3) is 4.54. The SMILES string of the molecule is O=C(/C=C/c1cccs1)/C=C(/Nc1ccccc1)c1ccccc1. The number of benzene rings is 2. The van der Waals surface area contributed by atoms with E-state index < -0.39 is 0 Å². The molecule has 1 N–H and O–H groups in total. The van der Waals surface area contributed by atoms with Crippen molar-refractivity contribution in [2.45, 2.75) is 0 Å². The molecule has 0 radical (unpaired) electrons. The maximum Gasteiger partial charge on any atom is 0.180 e. The number of carbonyl (C=O) groups excluding carboxylic acids is 1. The molecule has 0 aliphatic heterocycles. The summed E-state index contributed by atoms with van der Waals surface area (Å²) in [6.45, 7) is 0. The van der Waals surface area contributed by atoms with Crippen LogP contribution in [0.3, 0.4) is 0 Å². The van der Waals surface area contributed by atoms with Crippen LogP contribution in [0.25, 0.3) is 11.8 Å². The standard InChI is InChI=1S/C21H17NOS/c23-19(13-14-20-12-7-15-24-20)16-21(17-8-3-1-4-9-17)22-18-10-5-2-6-11-18/h1-16,22H/b14-13+,21-16+. The van der Waals surface area contributed by atoms with E-state index in [1.165, 1.54) is 0 Å². The van der Waals surface area contributed by atoms with Crippen molar-refractivity contribution in [2.75, 3.05) is 5.32 Å². The van der Waals surface area contributed by atoms with Crippen LogP contribution in [0.4, 0.5) is 5.69 Å². The van der Waals surface area contributed by atoms with Crippen LogP contribution in [0.15, 0.2) is 90.3 Å². The van der Waals surface area contributed by atoms with Crippen molar-refractivity contribution in [3.05, 3.63) is 101 Å². The fourth-order valence-corrected chi connectivity index (χ4v) is 2.85. The maximum atomic E-state index is 12.3. The van der Waals surface area contributed by atoms with Gasteiger partial charge in [-0.25, -0.2) is 0 Å². The van der Waals surface area contributed by atoms with Gasteiger partial charge in [-0.15, -0.1) is 11.3 Å². The van der Waals surface area contributed by atoms with Crippen molar-refractivity contribution in [1.29, 1.82) is 0 Å². The second-order valence-electron chi connectivity index (χ2n) is 5.17. The predicted molar refractivity (Wildman–Crippen MR) is 103 cm³/mol. The molecular formula is C21H17NOS. The van der Waals surface area contributed by atoms with E-state index in [2.05, 4.69) is 5.32 Å². The first-order chi connectivity index (χ1) is 11.8. The predicted octanol–water partition coefficient (Wildman–Crippen LogP) is 5.48. The lowest BCUT2D eigenvalue weighted by Gasteiger charge is -2.11. The number of anilines is 1. The summed E-state index contributed by atoms with van der Waals surface area (Å²) in [5, 5.41) is 5.32. The number of thiophene rings is 1. The number of hydrogen-bond acceptors (Lipinski definition) is 3. The van der Waals surface area contributed by atoms with Gasteiger partial charge in [0.1, 0.15) is 0 Å². The van der Waals surface area contributed by atoms with Gasteiger partial charge in [0.25, 0.3) is 0 Å². The molecule has 0 saturated heterocycles. The highest BCUT2D eigenvalue weighted by atomic mass is 32.1. The molecule has 0 saturated carbocycles. The van der Waals surface area contributed by atoms with Crippen molar-refractivity contribution < 1.29 is 4.79 Å². The highest BCUT2D eigenvalue weighted by Gasteiger charge is 2.04. The van der Waals surface area contributed by atoms with Crippen LogP contribution in [0.2, 0.25) is 0 Å². The normalized spacial score (nSPS) is 11.6. The van der Waals surface area contributed by atoms with Gasteiger partial charge in [0, 0.05) is 22.3 Å². The minimum Gasteiger partial charge on any atom is -0.355 e. The number of allylic oxidation sites excluding steroid dienone is 2. The maximum absolute atomic E-state index is 12.3. The van der Waals surface area contributed by atoms with Crippen molar-refractivity contribution in [3.8, 4) is 0 Å². The van der Waals surface area contributed by atoms with E-state index in [-0.39, 0.29) is 5.78 Å². The van der Waals surface area contributed by atoms with Crippen molar-refractivity contribution in [2.24, 2.45) is 0 Å². The van der Waals surface area contributed by atoms with E-state index in [9.17, 15) is 4.79 Å². The zero-order valence-electron chi connectivity index (χ0n) is 13.1. The third-order valence-electron chi connectivity index (χ3n) is 3.38. The molecule has 0 fully saturated rings. The number of hydrogen-bond donors (Lipinski definition) is 1. The lowest BCUT2D eigenvalue weighted by Crippen LogP contribution is -2.01. The van der Waals surface area contributed by atoms with Crippen molar-refractivity contribution in [1.82, 2.24) is 0 Å². The summed E-state index contributed by atoms with van der Waals surface area (Å²) in [6, 6.07) is 23.6. The van der Waals surface area contributed by atoms with Crippen molar-refractivity contribution >= 4 is 34.6 Å². The molecule has 118 valence electrons. The Bertz CT molecular complexity index is 834. The van der Waals surface area contributed by atoms with E-state index in [1.807, 2.05) is 84.3 Å². The molecule has 0 spiro atoms. The minimum atomic E-state index is -0.0503. The van der Waals surface area contributed by atoms with Gasteiger partial charge in [-0.2, -0.15) is 0 Å². The Morgan fingerprint density at radius 2 is 1.58 bits per heavy atom. The van der Waals surface area contributed by atoms with Gasteiger partial charge in [-0.05, 0) is 41.3 Å². The van der Waals surface area contributed by atoms with E-state index in [0.29, 0.717) is 0 Å². The Morgan fingerprint density at radius 3 is 2.25 bits per heavy atom. The molecule has 3 rings (SSSR count). The first-order valence-electron chi connectivity index (χ1n) is 7.66. The van der Waals surface area contributed by atoms with Crippen LogP contribution in [0.5, 0.6) is 0 Å². The van der Waals surface area contributed by atoms with Crippen LogP contribution >= 0.6 is 11.3 Å². The molecule has 3 heteroatoms. The largest absolute Gasteiger partial charge is 0.355 e. The topological polar surface area (TPSA) is 29.1 Å². The summed E-state index contributed by atoms with van der Waals surface area (Å²) in [6.07, 6.45) is 5.07. The molecule has 0 amide bonds. The molecule has 2 aromatic carbocycles. The highest BCUT2D eigenvalue weighted by Crippen LogP contribution is 2.18. The van der Waals surface area contributed by atoms with Crippen LogP contribution in [0.1, 0.15) is 10.4 Å². The van der Waals surface area contributed by atoms with Gasteiger partial charge in [0.05, 0.1) is 0 Å². The Morgan fingerprint density at radius 1 is 0.875 bits per heavy atom. The van der Waals surface area contributed by atoms with Crippen LogP contribution < -0.4 is 5.32 Å². The smallest absolute Gasteiger partial charge is 0.180 e. The molecule has 24 heavy (non-hydrogen) atoms. The summed E-state index contributed by atoms with van der Waals surface area (Å²) in [7, 11) is 0. The van der Waals surface area contributed by atoms with Gasteiger partial charge < -0.3 is 5.32 Å². The molecular weight excluding hydrogens is 314 g/mol. The van der Waals surface area contributed by atoms with Crippen LogP contribution in [0, 0.1) is 0 Å². The van der Waals surface area contributed by atoms with Gasteiger partial charge in [-0.1, -0.05) is 54.6 Å². The lowest BCUT2D eigenvalue weighted by atomic mass is 10.1. The molecule has 0 aliphatic carbocycles. The van der Waals surface area contributed by atoms with Gasteiger partial charge >= 0.3 is 0 Å². The average molecular weight is 331 g/mol. The van der Waals surface area contributed by atoms with E-state index in [1.54, 1.807) is 23.5 Å². The summed E-state index contributed by atoms with van der Waals surface area (Å²) in [4.78, 5) is 13.4. The Labute approximate surface area is 145 Å². The number of ketones is 1. The Hall–Kier alpha value is -2.91. The van der Waals surface area contributed by atoms with Gasteiger partial charge in [0.15, 0.2) is 5.78 Å². The van der Waals surface area contributed by atoms with Crippen LogP contribution in [-0.4, -0.2) is 5.78 Å². The van der Waals surface area contributed by atoms with Crippen LogP contribution in [-0.2, 0) is 4.79 Å². The fourth-order valence-electron chi connectivity index (χ4n) is 2.23. The van der Waals surface area contributed by atoms with Gasteiger partial charge in [-0.3, -0.25) is 4.79 Å². The fraction of sp³-hybridized carbons (Fsp3) is 0. The average Bonchev–Trinajstić information content (AvgIpc) is 3.15. The minimum absolute atomic E-state index is 0.0503. The van der Waals surface area contributed by atoms with E-state index in [4.69, 9.17) is 0 Å². The number of para-hydroxylation sites is 1.